The molecule has 2 aromatic carbocycles. The number of hydrogen-bond donors (Lipinski definition) is 2. The molecule has 0 aliphatic heterocycles. The molecule has 4 heteroatoms. The summed E-state index contributed by atoms with van der Waals surface area (Å²) in [6, 6.07) is 17.7. The average Bonchev–Trinajstić information content (AvgIpc) is 2.47. The largest absolute Gasteiger partial charge is 0.508 e. The van der Waals surface area contributed by atoms with Gasteiger partial charge in [0.25, 0.3) is 0 Å². The highest BCUT2D eigenvalue weighted by atomic mass is 16.4. The lowest BCUT2D eigenvalue weighted by molar-refractivity contribution is 0.424. The van der Waals surface area contributed by atoms with Crippen LogP contribution in [0.2, 0.25) is 0 Å². The van der Waals surface area contributed by atoms with E-state index >= 15 is 0 Å². The Kier molecular flexibility index (Phi) is 3.03. The molecule has 3 aromatic rings. The van der Waals surface area contributed by atoms with Crippen LogP contribution in [0.25, 0.3) is 21.9 Å². The first-order valence-corrected chi connectivity index (χ1v) is 6.06. The van der Waals surface area contributed by atoms with Crippen LogP contribution in [0.15, 0.2) is 60.8 Å². The van der Waals surface area contributed by atoms with E-state index in [0.717, 1.165) is 16.5 Å². The molecule has 3 rings (SSSR count). The lowest BCUT2D eigenvalue weighted by atomic mass is 9.85. The highest BCUT2D eigenvalue weighted by molar-refractivity contribution is 6.57. The van der Waals surface area contributed by atoms with E-state index in [1.165, 1.54) is 5.39 Å². The summed E-state index contributed by atoms with van der Waals surface area (Å²) in [5.41, 5.74) is 2.30. The average molecular weight is 249 g/mol. The number of hydrogen-bond acceptors (Lipinski definition) is 3. The van der Waals surface area contributed by atoms with Crippen molar-refractivity contribution in [1.82, 2.24) is 4.98 Å². The molecule has 19 heavy (non-hydrogen) atoms. The molecule has 1 heterocycles. The topological polar surface area (TPSA) is 53.4 Å². The number of pyridine rings is 1. The first kappa shape index (κ1) is 11.9. The normalized spacial score (nSPS) is 10.6. The minimum atomic E-state index is -1.53. The van der Waals surface area contributed by atoms with E-state index < -0.39 is 7.12 Å². The van der Waals surface area contributed by atoms with Crippen molar-refractivity contribution in [3.05, 3.63) is 60.8 Å². The van der Waals surface area contributed by atoms with Crippen LogP contribution in [0.4, 0.5) is 0 Å². The summed E-state index contributed by atoms with van der Waals surface area (Å²) in [7, 11) is -1.53. The van der Waals surface area contributed by atoms with Crippen LogP contribution in [0.1, 0.15) is 0 Å². The Morgan fingerprint density at radius 1 is 0.842 bits per heavy atom. The summed E-state index contributed by atoms with van der Waals surface area (Å²) in [4.78, 5) is 4.06. The van der Waals surface area contributed by atoms with Gasteiger partial charge >= 0.3 is 7.12 Å². The maximum Gasteiger partial charge on any atom is 0.508 e. The van der Waals surface area contributed by atoms with Gasteiger partial charge in [0.05, 0.1) is 5.59 Å². The van der Waals surface area contributed by atoms with E-state index in [4.69, 9.17) is 10.0 Å². The van der Waals surface area contributed by atoms with Gasteiger partial charge in [-0.3, -0.25) is 4.98 Å². The van der Waals surface area contributed by atoms with E-state index in [9.17, 15) is 0 Å². The van der Waals surface area contributed by atoms with Crippen molar-refractivity contribution in [3.8, 4) is 11.1 Å². The lowest BCUT2D eigenvalue weighted by Gasteiger charge is -2.07. The summed E-state index contributed by atoms with van der Waals surface area (Å²) in [5.74, 6) is 0. The van der Waals surface area contributed by atoms with Crippen molar-refractivity contribution < 1.29 is 10.0 Å². The summed E-state index contributed by atoms with van der Waals surface area (Å²) in [6.07, 6.45) is 1.66. The third kappa shape index (κ3) is 2.23. The van der Waals surface area contributed by atoms with Crippen LogP contribution < -0.4 is 5.59 Å². The minimum Gasteiger partial charge on any atom is -0.422 e. The number of benzene rings is 2. The van der Waals surface area contributed by atoms with E-state index in [1.54, 1.807) is 12.3 Å². The van der Waals surface area contributed by atoms with Crippen molar-refractivity contribution in [1.29, 1.82) is 0 Å². The molecule has 0 spiro atoms. The van der Waals surface area contributed by atoms with Crippen LogP contribution >= 0.6 is 0 Å². The zero-order chi connectivity index (χ0) is 13.2. The molecular weight excluding hydrogens is 237 g/mol. The quantitative estimate of drug-likeness (QED) is 0.678. The third-order valence-electron chi connectivity index (χ3n) is 3.15. The highest BCUT2D eigenvalue weighted by Gasteiger charge is 2.12. The van der Waals surface area contributed by atoms with Gasteiger partial charge in [0.1, 0.15) is 0 Å². The van der Waals surface area contributed by atoms with Gasteiger partial charge in [-0.1, -0.05) is 48.5 Å². The van der Waals surface area contributed by atoms with Crippen molar-refractivity contribution in [2.75, 3.05) is 0 Å². The van der Waals surface area contributed by atoms with Gasteiger partial charge in [0.2, 0.25) is 0 Å². The van der Waals surface area contributed by atoms with Crippen LogP contribution in [-0.4, -0.2) is 22.2 Å². The van der Waals surface area contributed by atoms with Crippen LogP contribution in [0.3, 0.4) is 0 Å². The summed E-state index contributed by atoms with van der Waals surface area (Å²) < 4.78 is 0. The molecule has 0 radical (unpaired) electrons. The first-order chi connectivity index (χ1) is 9.25. The third-order valence-corrected chi connectivity index (χ3v) is 3.15. The van der Waals surface area contributed by atoms with E-state index in [2.05, 4.69) is 23.2 Å². The van der Waals surface area contributed by atoms with Gasteiger partial charge in [-0.05, 0) is 22.4 Å². The van der Waals surface area contributed by atoms with Gasteiger partial charge in [-0.2, -0.15) is 0 Å². The van der Waals surface area contributed by atoms with Crippen molar-refractivity contribution in [2.45, 2.75) is 0 Å². The summed E-state index contributed by atoms with van der Waals surface area (Å²) in [5, 5.41) is 20.4. The first-order valence-electron chi connectivity index (χ1n) is 6.06. The van der Waals surface area contributed by atoms with Crippen molar-refractivity contribution in [3.63, 3.8) is 0 Å². The molecule has 0 fully saturated rings. The molecule has 3 nitrogen and oxygen atoms in total. The summed E-state index contributed by atoms with van der Waals surface area (Å²) >= 11 is 0. The Morgan fingerprint density at radius 3 is 2.37 bits per heavy atom. The van der Waals surface area contributed by atoms with Gasteiger partial charge in [0, 0.05) is 11.8 Å². The second-order valence-corrected chi connectivity index (χ2v) is 4.37. The number of aromatic nitrogens is 1. The summed E-state index contributed by atoms with van der Waals surface area (Å²) in [6.45, 7) is 0. The number of rotatable bonds is 2. The van der Waals surface area contributed by atoms with E-state index in [1.807, 2.05) is 30.3 Å². The fourth-order valence-corrected chi connectivity index (χ4v) is 2.19. The number of fused-ring (bicyclic) bond motifs is 1. The zero-order valence-electron chi connectivity index (χ0n) is 10.2. The molecule has 0 saturated carbocycles. The maximum atomic E-state index is 9.05. The zero-order valence-corrected chi connectivity index (χ0v) is 10.2. The Bertz CT molecular complexity index is 705. The predicted octanol–water partition coefficient (Wildman–Crippen LogP) is 1.58. The standard InChI is InChI=1S/C15H12BNO2/c18-16(19)15-9-8-12(10-17-15)14-7-3-5-11-4-1-2-6-13(11)14/h1-10,18-19H. The van der Waals surface area contributed by atoms with Crippen molar-refractivity contribution >= 4 is 23.5 Å². The van der Waals surface area contributed by atoms with E-state index in [0.29, 0.717) is 0 Å². The number of nitrogens with zero attached hydrogens (tertiary/aromatic N) is 1. The maximum absolute atomic E-state index is 9.05. The lowest BCUT2D eigenvalue weighted by Crippen LogP contribution is -2.32. The van der Waals surface area contributed by atoms with Crippen LogP contribution in [0.5, 0.6) is 0 Å². The molecule has 92 valence electrons. The Morgan fingerprint density at radius 2 is 1.63 bits per heavy atom. The fraction of sp³-hybridized carbons (Fsp3) is 0. The van der Waals surface area contributed by atoms with Gasteiger partial charge in [0.15, 0.2) is 0 Å². The molecule has 0 unspecified atom stereocenters. The minimum absolute atomic E-state index is 0.254. The van der Waals surface area contributed by atoms with Crippen LogP contribution in [0, 0.1) is 0 Å². The van der Waals surface area contributed by atoms with Crippen molar-refractivity contribution in [2.24, 2.45) is 0 Å². The Hall–Kier alpha value is -2.17. The second-order valence-electron chi connectivity index (χ2n) is 4.37. The molecule has 1 aromatic heterocycles. The predicted molar refractivity (Wildman–Crippen MR) is 77.0 cm³/mol. The Labute approximate surface area is 111 Å². The van der Waals surface area contributed by atoms with Gasteiger partial charge < -0.3 is 10.0 Å². The molecule has 0 saturated heterocycles. The fourth-order valence-electron chi connectivity index (χ4n) is 2.19. The molecule has 0 aliphatic carbocycles. The molecule has 0 aliphatic rings. The molecular formula is C15H12BNO2. The smallest absolute Gasteiger partial charge is 0.422 e. The van der Waals surface area contributed by atoms with Gasteiger partial charge in [-0.15, -0.1) is 0 Å². The highest BCUT2D eigenvalue weighted by Crippen LogP contribution is 2.27. The molecule has 0 bridgehead atoms. The Balaban J connectivity index is 2.14. The second kappa shape index (κ2) is 4.84. The molecule has 2 N–H and O–H groups in total. The SMILES string of the molecule is OB(O)c1ccc(-c2cccc3ccccc23)cn1. The van der Waals surface area contributed by atoms with Crippen LogP contribution in [-0.2, 0) is 0 Å². The molecule has 0 atom stereocenters. The monoisotopic (exact) mass is 249 g/mol. The molecule has 0 amide bonds. The van der Waals surface area contributed by atoms with E-state index in [-0.39, 0.29) is 5.59 Å². The van der Waals surface area contributed by atoms with Gasteiger partial charge in [-0.25, -0.2) is 0 Å².